The molecule has 1 aromatic heterocycles. The van der Waals surface area contributed by atoms with Crippen LogP contribution in [-0.4, -0.2) is 5.16 Å². The quantitative estimate of drug-likeness (QED) is 0.683. The normalized spacial score (nSPS) is 11.0. The minimum atomic E-state index is 0.316. The molecule has 0 spiro atoms. The Balaban J connectivity index is 1.84. The Bertz CT molecular complexity index is 632. The molecular formula is C19H19NO. The molecule has 2 nitrogen and oxygen atoms in total. The van der Waals surface area contributed by atoms with E-state index in [1.165, 1.54) is 11.1 Å². The molecule has 0 atom stereocenters. The van der Waals surface area contributed by atoms with E-state index in [0.29, 0.717) is 5.92 Å². The van der Waals surface area contributed by atoms with E-state index in [1.807, 2.05) is 19.1 Å². The third kappa shape index (κ3) is 3.60. The summed E-state index contributed by atoms with van der Waals surface area (Å²) >= 11 is 0. The first-order valence-electron chi connectivity index (χ1n) is 7.32. The molecule has 3 aromatic rings. The van der Waals surface area contributed by atoms with Crippen molar-refractivity contribution in [1.82, 2.24) is 5.16 Å². The summed E-state index contributed by atoms with van der Waals surface area (Å²) in [5.74, 6) is 1.29. The molecule has 0 aliphatic carbocycles. The topological polar surface area (TPSA) is 26.0 Å². The monoisotopic (exact) mass is 277 g/mol. The second-order valence-electron chi connectivity index (χ2n) is 5.45. The fraction of sp³-hybridized carbons (Fsp3) is 0.211. The molecule has 0 aliphatic rings. The third-order valence-corrected chi connectivity index (χ3v) is 3.70. The van der Waals surface area contributed by atoms with Crippen LogP contribution in [0.1, 0.15) is 28.5 Å². The van der Waals surface area contributed by atoms with E-state index in [2.05, 4.69) is 59.8 Å². The highest BCUT2D eigenvalue weighted by atomic mass is 16.5. The van der Waals surface area contributed by atoms with Gasteiger partial charge < -0.3 is 4.52 Å². The second kappa shape index (κ2) is 6.40. The van der Waals surface area contributed by atoms with Crippen LogP contribution in [-0.2, 0) is 12.8 Å². The van der Waals surface area contributed by atoms with Crippen LogP contribution in [0.2, 0.25) is 0 Å². The van der Waals surface area contributed by atoms with E-state index in [1.54, 1.807) is 0 Å². The number of hydrogen-bond acceptors (Lipinski definition) is 2. The van der Waals surface area contributed by atoms with Gasteiger partial charge in [-0.1, -0.05) is 65.8 Å². The van der Waals surface area contributed by atoms with Crippen LogP contribution >= 0.6 is 0 Å². The van der Waals surface area contributed by atoms with Crippen molar-refractivity contribution in [1.29, 1.82) is 0 Å². The lowest BCUT2D eigenvalue weighted by atomic mass is 9.90. The van der Waals surface area contributed by atoms with Gasteiger partial charge in [-0.3, -0.25) is 0 Å². The standard InChI is InChI=1S/C19H19NO/c1-15-12-19(21-20-15)18(13-16-8-4-2-5-9-16)14-17-10-6-3-7-11-17/h2-12,18H,13-14H2,1H3. The molecule has 0 radical (unpaired) electrons. The van der Waals surface area contributed by atoms with E-state index in [-0.39, 0.29) is 0 Å². The van der Waals surface area contributed by atoms with Crippen molar-refractivity contribution in [2.75, 3.05) is 0 Å². The number of nitrogens with zero attached hydrogens (tertiary/aromatic N) is 1. The van der Waals surface area contributed by atoms with Gasteiger partial charge in [0.15, 0.2) is 0 Å². The van der Waals surface area contributed by atoms with Gasteiger partial charge in [0.25, 0.3) is 0 Å². The summed E-state index contributed by atoms with van der Waals surface area (Å²) in [5.41, 5.74) is 3.59. The number of aryl methyl sites for hydroxylation is 1. The maximum Gasteiger partial charge on any atom is 0.140 e. The van der Waals surface area contributed by atoms with Crippen LogP contribution in [0, 0.1) is 6.92 Å². The van der Waals surface area contributed by atoms with E-state index in [9.17, 15) is 0 Å². The van der Waals surface area contributed by atoms with E-state index < -0.39 is 0 Å². The highest BCUT2D eigenvalue weighted by molar-refractivity contribution is 5.23. The molecule has 2 aromatic carbocycles. The van der Waals surface area contributed by atoms with Crippen LogP contribution in [0.15, 0.2) is 71.3 Å². The zero-order valence-corrected chi connectivity index (χ0v) is 12.2. The second-order valence-corrected chi connectivity index (χ2v) is 5.45. The molecule has 2 heteroatoms. The Hall–Kier alpha value is -2.35. The number of benzene rings is 2. The van der Waals surface area contributed by atoms with Crippen molar-refractivity contribution in [2.24, 2.45) is 0 Å². The van der Waals surface area contributed by atoms with Crippen LogP contribution in [0.25, 0.3) is 0 Å². The Morgan fingerprint density at radius 3 is 1.81 bits per heavy atom. The van der Waals surface area contributed by atoms with Gasteiger partial charge in [-0.25, -0.2) is 0 Å². The lowest BCUT2D eigenvalue weighted by molar-refractivity contribution is 0.354. The van der Waals surface area contributed by atoms with Gasteiger partial charge in [-0.15, -0.1) is 0 Å². The van der Waals surface area contributed by atoms with Crippen molar-refractivity contribution in [3.8, 4) is 0 Å². The van der Waals surface area contributed by atoms with Gasteiger partial charge in [-0.2, -0.15) is 0 Å². The van der Waals surface area contributed by atoms with Crippen LogP contribution in [0.3, 0.4) is 0 Å². The highest BCUT2D eigenvalue weighted by Crippen LogP contribution is 2.25. The zero-order valence-electron chi connectivity index (χ0n) is 12.2. The average molecular weight is 277 g/mol. The first-order chi connectivity index (χ1) is 10.3. The minimum Gasteiger partial charge on any atom is -0.361 e. The third-order valence-electron chi connectivity index (χ3n) is 3.70. The van der Waals surface area contributed by atoms with Crippen molar-refractivity contribution < 1.29 is 4.52 Å². The fourth-order valence-electron chi connectivity index (χ4n) is 2.65. The lowest BCUT2D eigenvalue weighted by Gasteiger charge is -2.14. The van der Waals surface area contributed by atoms with Gasteiger partial charge in [0.2, 0.25) is 0 Å². The summed E-state index contributed by atoms with van der Waals surface area (Å²) in [7, 11) is 0. The molecule has 0 N–H and O–H groups in total. The average Bonchev–Trinajstić information content (AvgIpc) is 2.95. The summed E-state index contributed by atoms with van der Waals surface area (Å²) in [6.07, 6.45) is 1.93. The number of aromatic nitrogens is 1. The molecule has 0 saturated carbocycles. The maximum atomic E-state index is 5.52. The number of rotatable bonds is 5. The summed E-state index contributed by atoms with van der Waals surface area (Å²) < 4.78 is 5.52. The first-order valence-corrected chi connectivity index (χ1v) is 7.32. The van der Waals surface area contributed by atoms with E-state index in [4.69, 9.17) is 4.52 Å². The Kier molecular flexibility index (Phi) is 4.15. The smallest absolute Gasteiger partial charge is 0.140 e. The molecule has 21 heavy (non-hydrogen) atoms. The van der Waals surface area contributed by atoms with Crippen LogP contribution in [0.4, 0.5) is 0 Å². The summed E-state index contributed by atoms with van der Waals surface area (Å²) in [5, 5.41) is 4.05. The fourth-order valence-corrected chi connectivity index (χ4v) is 2.65. The van der Waals surface area contributed by atoms with Gasteiger partial charge in [0.05, 0.1) is 5.69 Å². The predicted octanol–water partition coefficient (Wildman–Crippen LogP) is 4.55. The summed E-state index contributed by atoms with van der Waals surface area (Å²) in [6, 6.07) is 23.2. The Morgan fingerprint density at radius 1 is 0.857 bits per heavy atom. The molecule has 0 aliphatic heterocycles. The highest BCUT2D eigenvalue weighted by Gasteiger charge is 2.17. The first kappa shape index (κ1) is 13.6. The maximum absolute atomic E-state index is 5.52. The van der Waals surface area contributed by atoms with Crippen molar-refractivity contribution in [2.45, 2.75) is 25.7 Å². The molecule has 0 unspecified atom stereocenters. The van der Waals surface area contributed by atoms with Gasteiger partial charge in [-0.05, 0) is 30.9 Å². The molecule has 0 bridgehead atoms. The lowest BCUT2D eigenvalue weighted by Crippen LogP contribution is -2.06. The Morgan fingerprint density at radius 2 is 1.38 bits per heavy atom. The van der Waals surface area contributed by atoms with E-state index in [0.717, 1.165) is 24.3 Å². The molecule has 106 valence electrons. The molecule has 3 rings (SSSR count). The van der Waals surface area contributed by atoms with Crippen LogP contribution in [0.5, 0.6) is 0 Å². The Labute approximate surface area is 125 Å². The summed E-state index contributed by atoms with van der Waals surface area (Å²) in [4.78, 5) is 0. The molecular weight excluding hydrogens is 258 g/mol. The largest absolute Gasteiger partial charge is 0.361 e. The molecule has 0 amide bonds. The molecule has 1 heterocycles. The molecule has 0 saturated heterocycles. The van der Waals surface area contributed by atoms with Crippen molar-refractivity contribution in [3.05, 3.63) is 89.3 Å². The van der Waals surface area contributed by atoms with Gasteiger partial charge >= 0.3 is 0 Å². The van der Waals surface area contributed by atoms with Gasteiger partial charge in [0, 0.05) is 12.0 Å². The molecule has 0 fully saturated rings. The number of hydrogen-bond donors (Lipinski definition) is 0. The minimum absolute atomic E-state index is 0.316. The van der Waals surface area contributed by atoms with Crippen LogP contribution < -0.4 is 0 Å². The zero-order chi connectivity index (χ0) is 14.5. The van der Waals surface area contributed by atoms with Crippen molar-refractivity contribution >= 4 is 0 Å². The SMILES string of the molecule is Cc1cc(C(Cc2ccccc2)Cc2ccccc2)on1. The predicted molar refractivity (Wildman–Crippen MR) is 84.3 cm³/mol. The van der Waals surface area contributed by atoms with Crippen molar-refractivity contribution in [3.63, 3.8) is 0 Å². The van der Waals surface area contributed by atoms with E-state index >= 15 is 0 Å². The summed E-state index contributed by atoms with van der Waals surface area (Å²) in [6.45, 7) is 1.97. The van der Waals surface area contributed by atoms with Gasteiger partial charge in [0.1, 0.15) is 5.76 Å².